The Morgan fingerprint density at radius 3 is 2.00 bits per heavy atom. The molecule has 0 saturated carbocycles. The van der Waals surface area contributed by atoms with E-state index in [1.165, 1.54) is 102 Å². The molecule has 0 aliphatic carbocycles. The van der Waals surface area contributed by atoms with Crippen LogP contribution in [0, 0.1) is 0 Å². The Balaban J connectivity index is 1.10. The van der Waals surface area contributed by atoms with Crippen molar-refractivity contribution >= 4 is 5.95 Å². The summed E-state index contributed by atoms with van der Waals surface area (Å²) in [5, 5.41) is 0. The summed E-state index contributed by atoms with van der Waals surface area (Å²) in [6.07, 6.45) is 20.2. The van der Waals surface area contributed by atoms with Gasteiger partial charge < -0.3 is 19.4 Å². The van der Waals surface area contributed by atoms with Crippen LogP contribution in [0.15, 0.2) is 12.4 Å². The monoisotopic (exact) mass is 457 g/mol. The summed E-state index contributed by atoms with van der Waals surface area (Å²) in [6.45, 7) is 6.96. The number of nitrogens with zero attached hydrogens (tertiary/aromatic N) is 5. The number of piperazine rings is 1. The molecule has 4 heterocycles. The summed E-state index contributed by atoms with van der Waals surface area (Å²) in [7, 11) is 4.04. The number of aromatic nitrogens is 2. The van der Waals surface area contributed by atoms with E-state index in [4.69, 9.17) is 14.7 Å². The van der Waals surface area contributed by atoms with Crippen LogP contribution in [0.4, 0.5) is 5.95 Å². The van der Waals surface area contributed by atoms with E-state index < -0.39 is 0 Å². The van der Waals surface area contributed by atoms with E-state index >= 15 is 0 Å². The first-order valence-electron chi connectivity index (χ1n) is 13.7. The van der Waals surface area contributed by atoms with E-state index in [1.807, 2.05) is 0 Å². The zero-order chi connectivity index (χ0) is 22.9. The van der Waals surface area contributed by atoms with Crippen molar-refractivity contribution in [1.29, 1.82) is 0 Å². The summed E-state index contributed by atoms with van der Waals surface area (Å²) in [4.78, 5) is 17.3. The van der Waals surface area contributed by atoms with E-state index in [1.54, 1.807) is 7.11 Å². The smallest absolute Gasteiger partial charge is 0.225 e. The number of ether oxygens (including phenoxy) is 1. The molecule has 2 unspecified atom stereocenters. The van der Waals surface area contributed by atoms with Gasteiger partial charge in [0, 0.05) is 51.3 Å². The van der Waals surface area contributed by atoms with Crippen LogP contribution in [0.2, 0.25) is 0 Å². The first-order valence-corrected chi connectivity index (χ1v) is 13.7. The minimum Gasteiger partial charge on any atom is -0.385 e. The van der Waals surface area contributed by atoms with Crippen LogP contribution in [0.3, 0.4) is 0 Å². The van der Waals surface area contributed by atoms with Crippen molar-refractivity contribution in [1.82, 2.24) is 19.8 Å². The molecule has 1 aromatic rings. The Bertz CT molecular complexity index is 662. The Kier molecular flexibility index (Phi) is 9.81. The quantitative estimate of drug-likeness (QED) is 0.400. The normalized spacial score (nSPS) is 24.6. The molecule has 0 radical (unpaired) electrons. The Morgan fingerprint density at radius 2 is 1.39 bits per heavy atom. The van der Waals surface area contributed by atoms with Gasteiger partial charge in [0.25, 0.3) is 0 Å². The zero-order valence-corrected chi connectivity index (χ0v) is 21.3. The Hall–Kier alpha value is -1.24. The molecular weight excluding hydrogens is 410 g/mol. The minimum absolute atomic E-state index is 0.601. The largest absolute Gasteiger partial charge is 0.385 e. The van der Waals surface area contributed by atoms with Gasteiger partial charge in [-0.3, -0.25) is 0 Å². The molecule has 0 spiro atoms. The molecule has 3 aliphatic rings. The van der Waals surface area contributed by atoms with E-state index in [-0.39, 0.29) is 0 Å². The van der Waals surface area contributed by atoms with Gasteiger partial charge in [0.15, 0.2) is 0 Å². The van der Waals surface area contributed by atoms with Crippen molar-refractivity contribution < 1.29 is 4.74 Å². The maximum absolute atomic E-state index is 5.12. The van der Waals surface area contributed by atoms with Crippen molar-refractivity contribution in [2.24, 2.45) is 0 Å². The number of rotatable bonds is 13. The molecule has 3 aliphatic heterocycles. The molecule has 4 rings (SSSR count). The summed E-state index contributed by atoms with van der Waals surface area (Å²) >= 11 is 0. The van der Waals surface area contributed by atoms with E-state index in [2.05, 4.69) is 34.1 Å². The molecule has 186 valence electrons. The summed E-state index contributed by atoms with van der Waals surface area (Å²) in [5.74, 6) is 1.60. The average Bonchev–Trinajstić information content (AvgIpc) is 3.11. The van der Waals surface area contributed by atoms with E-state index in [0.717, 1.165) is 25.6 Å². The van der Waals surface area contributed by atoms with Crippen LogP contribution in [0.25, 0.3) is 0 Å². The van der Waals surface area contributed by atoms with E-state index in [0.29, 0.717) is 18.0 Å². The van der Waals surface area contributed by atoms with Gasteiger partial charge in [-0.25, -0.2) is 9.97 Å². The number of hydrogen-bond acceptors (Lipinski definition) is 6. The predicted molar refractivity (Wildman–Crippen MR) is 136 cm³/mol. The fraction of sp³-hybridized carbons (Fsp3) is 0.852. The first kappa shape index (κ1) is 24.9. The third kappa shape index (κ3) is 7.12. The highest BCUT2D eigenvalue weighted by molar-refractivity contribution is 5.38. The molecule has 3 saturated heterocycles. The molecule has 0 aromatic carbocycles. The molecule has 1 aromatic heterocycles. The summed E-state index contributed by atoms with van der Waals surface area (Å²) in [5.41, 5.74) is 1.35. The molecule has 0 N–H and O–H groups in total. The molecule has 6 nitrogen and oxygen atoms in total. The second-order valence-electron chi connectivity index (χ2n) is 10.8. The van der Waals surface area contributed by atoms with Gasteiger partial charge in [-0.2, -0.15) is 0 Å². The second kappa shape index (κ2) is 13.0. The second-order valence-corrected chi connectivity index (χ2v) is 10.8. The topological polar surface area (TPSA) is 44.7 Å². The number of anilines is 1. The first-order chi connectivity index (χ1) is 16.2. The standard InChI is InChI=1S/C27H47N5O/c1-30-21-25-11-12-26(22-30)32(25)27-28-19-24(20-29-27)23-13-16-31(17-14-23)15-9-7-5-3-4-6-8-10-18-33-2/h19-20,23,25-26H,3-18,21-22H2,1-2H3. The fourth-order valence-electron chi connectivity index (χ4n) is 6.25. The lowest BCUT2D eigenvalue weighted by molar-refractivity contribution is 0.192. The van der Waals surface area contributed by atoms with Crippen LogP contribution < -0.4 is 4.90 Å². The van der Waals surface area contributed by atoms with Gasteiger partial charge in [-0.15, -0.1) is 0 Å². The molecular formula is C27H47N5O. The Labute approximate surface area is 202 Å². The van der Waals surface area contributed by atoms with Gasteiger partial charge in [0.1, 0.15) is 0 Å². The van der Waals surface area contributed by atoms with Crippen LogP contribution in [0.1, 0.15) is 88.5 Å². The van der Waals surface area contributed by atoms with Crippen molar-refractivity contribution in [3.05, 3.63) is 18.0 Å². The van der Waals surface area contributed by atoms with Gasteiger partial charge in [-0.1, -0.05) is 38.5 Å². The highest BCUT2D eigenvalue weighted by atomic mass is 16.5. The Morgan fingerprint density at radius 1 is 0.818 bits per heavy atom. The van der Waals surface area contributed by atoms with Crippen LogP contribution >= 0.6 is 0 Å². The lowest BCUT2D eigenvalue weighted by atomic mass is 9.91. The highest BCUT2D eigenvalue weighted by Gasteiger charge is 2.40. The average molecular weight is 458 g/mol. The molecule has 2 bridgehead atoms. The molecule has 33 heavy (non-hydrogen) atoms. The van der Waals surface area contributed by atoms with Crippen LogP contribution in [-0.4, -0.2) is 85.3 Å². The molecule has 6 heteroatoms. The number of piperidine rings is 1. The number of methoxy groups -OCH3 is 1. The van der Waals surface area contributed by atoms with Crippen molar-refractivity contribution in [3.8, 4) is 0 Å². The molecule has 0 amide bonds. The van der Waals surface area contributed by atoms with Crippen molar-refractivity contribution in [2.45, 2.75) is 95.1 Å². The van der Waals surface area contributed by atoms with Crippen molar-refractivity contribution in [3.63, 3.8) is 0 Å². The number of likely N-dealkylation sites (tertiary alicyclic amines) is 2. The minimum atomic E-state index is 0.601. The zero-order valence-electron chi connectivity index (χ0n) is 21.3. The lowest BCUT2D eigenvalue weighted by Crippen LogP contribution is -2.53. The van der Waals surface area contributed by atoms with Gasteiger partial charge >= 0.3 is 0 Å². The third-order valence-corrected chi connectivity index (χ3v) is 8.19. The third-order valence-electron chi connectivity index (χ3n) is 8.19. The SMILES string of the molecule is COCCCCCCCCCCN1CCC(c2cnc(N3C4CCC3CN(C)C4)nc2)CC1. The molecule has 3 fully saturated rings. The number of hydrogen-bond donors (Lipinski definition) is 0. The summed E-state index contributed by atoms with van der Waals surface area (Å²) < 4.78 is 5.12. The van der Waals surface area contributed by atoms with Crippen LogP contribution in [-0.2, 0) is 4.74 Å². The maximum atomic E-state index is 5.12. The number of unbranched alkanes of at least 4 members (excludes halogenated alkanes) is 7. The summed E-state index contributed by atoms with van der Waals surface area (Å²) in [6, 6.07) is 1.20. The number of fused-ring (bicyclic) bond motifs is 2. The van der Waals surface area contributed by atoms with Gasteiger partial charge in [0.2, 0.25) is 5.95 Å². The predicted octanol–water partition coefficient (Wildman–Crippen LogP) is 4.71. The van der Waals surface area contributed by atoms with E-state index in [9.17, 15) is 0 Å². The molecule has 2 atom stereocenters. The van der Waals surface area contributed by atoms with Crippen molar-refractivity contribution in [2.75, 3.05) is 58.4 Å². The highest BCUT2D eigenvalue weighted by Crippen LogP contribution is 2.33. The van der Waals surface area contributed by atoms with Gasteiger partial charge in [-0.05, 0) is 76.7 Å². The van der Waals surface area contributed by atoms with Crippen LogP contribution in [0.5, 0.6) is 0 Å². The fourth-order valence-corrected chi connectivity index (χ4v) is 6.25. The lowest BCUT2D eigenvalue weighted by Gasteiger charge is -2.39. The maximum Gasteiger partial charge on any atom is 0.225 e. The number of likely N-dealkylation sites (N-methyl/N-ethyl adjacent to an activating group) is 1. The van der Waals surface area contributed by atoms with Gasteiger partial charge in [0.05, 0.1) is 0 Å².